The van der Waals surface area contributed by atoms with E-state index in [1.807, 2.05) is 13.8 Å². The van der Waals surface area contributed by atoms with Gasteiger partial charge in [-0.05, 0) is 100 Å². The van der Waals surface area contributed by atoms with E-state index in [1.54, 1.807) is 0 Å². The largest absolute Gasteiger partial charge is 0.244 e. The average Bonchev–Trinajstić information content (AvgIpc) is 2.83. The Morgan fingerprint density at radius 2 is 1.59 bits per heavy atom. The minimum atomic E-state index is -0.968. The quantitative estimate of drug-likeness (QED) is 0.374. The Kier molecular flexibility index (Phi) is 8.69. The van der Waals surface area contributed by atoms with Crippen molar-refractivity contribution in [3.8, 4) is 0 Å². The molecule has 27 heavy (non-hydrogen) atoms. The van der Waals surface area contributed by atoms with Gasteiger partial charge in [0, 0.05) is 0 Å². The van der Waals surface area contributed by atoms with E-state index in [9.17, 15) is 0 Å². The normalized spacial score (nSPS) is 35.6. The van der Waals surface area contributed by atoms with E-state index < -0.39 is 5.67 Å². The smallest absolute Gasteiger partial charge is 0.111 e. The first-order valence-corrected chi connectivity index (χ1v) is 12.5. The molecule has 0 saturated heterocycles. The van der Waals surface area contributed by atoms with Crippen LogP contribution in [0.5, 0.6) is 0 Å². The zero-order valence-electron chi connectivity index (χ0n) is 19.3. The molecule has 0 aliphatic heterocycles. The van der Waals surface area contributed by atoms with Crippen molar-refractivity contribution in [3.63, 3.8) is 0 Å². The van der Waals surface area contributed by atoms with Gasteiger partial charge in [-0.15, -0.1) is 0 Å². The minimum absolute atomic E-state index is 0.273. The molecule has 1 heteroatoms. The van der Waals surface area contributed by atoms with Gasteiger partial charge in [0.1, 0.15) is 5.67 Å². The van der Waals surface area contributed by atoms with Crippen LogP contribution in [-0.4, -0.2) is 5.67 Å². The lowest BCUT2D eigenvalue weighted by Crippen LogP contribution is -2.38. The molecule has 2 aliphatic rings. The van der Waals surface area contributed by atoms with Gasteiger partial charge in [-0.25, -0.2) is 4.39 Å². The molecule has 0 aromatic heterocycles. The first-order chi connectivity index (χ1) is 12.9. The standard InChI is InChI=1S/C26H49F/c1-6-10-15-25(14-7-2)16-11-17-26(21-20-25)18-12-22(13-19-26)23(8-3)24(5,27)9-4/h22-23H,6-21H2,1-5H3. The van der Waals surface area contributed by atoms with Crippen molar-refractivity contribution in [2.75, 3.05) is 0 Å². The molecule has 0 heterocycles. The van der Waals surface area contributed by atoms with E-state index in [1.165, 1.54) is 89.9 Å². The molecule has 2 fully saturated rings. The predicted molar refractivity (Wildman–Crippen MR) is 118 cm³/mol. The Morgan fingerprint density at radius 3 is 2.15 bits per heavy atom. The highest BCUT2D eigenvalue weighted by molar-refractivity contribution is 4.95. The lowest BCUT2D eigenvalue weighted by molar-refractivity contribution is 0.0122. The summed E-state index contributed by atoms with van der Waals surface area (Å²) < 4.78 is 15.1. The fourth-order valence-corrected chi connectivity index (χ4v) is 6.99. The van der Waals surface area contributed by atoms with Crippen LogP contribution in [0.25, 0.3) is 0 Å². The Bertz CT molecular complexity index is 418. The van der Waals surface area contributed by atoms with Gasteiger partial charge in [0.25, 0.3) is 0 Å². The third-order valence-corrected chi connectivity index (χ3v) is 9.01. The fraction of sp³-hybridized carbons (Fsp3) is 1.00. The number of rotatable bonds is 9. The van der Waals surface area contributed by atoms with E-state index in [0.29, 0.717) is 23.2 Å². The van der Waals surface area contributed by atoms with Gasteiger partial charge in [0.2, 0.25) is 0 Å². The number of unbranched alkanes of at least 4 members (excludes halogenated alkanes) is 1. The second-order valence-electron chi connectivity index (χ2n) is 10.7. The van der Waals surface area contributed by atoms with Crippen LogP contribution in [0.1, 0.15) is 137 Å². The molecule has 2 aliphatic carbocycles. The van der Waals surface area contributed by atoms with Crippen molar-refractivity contribution in [2.24, 2.45) is 22.7 Å². The Balaban J connectivity index is 1.99. The summed E-state index contributed by atoms with van der Waals surface area (Å²) in [5.41, 5.74) is 0.288. The molecule has 0 aromatic rings. The Hall–Kier alpha value is -0.0700. The maximum atomic E-state index is 15.1. The average molecular weight is 381 g/mol. The number of alkyl halides is 1. The SMILES string of the molecule is CCCCC1(CCC)CCCC2(CCC(C(CC)C(C)(F)CC)CC2)CC1. The van der Waals surface area contributed by atoms with E-state index in [4.69, 9.17) is 0 Å². The van der Waals surface area contributed by atoms with Crippen LogP contribution in [0.3, 0.4) is 0 Å². The molecule has 2 saturated carbocycles. The fourth-order valence-electron chi connectivity index (χ4n) is 6.99. The van der Waals surface area contributed by atoms with Crippen molar-refractivity contribution in [1.82, 2.24) is 0 Å². The first-order valence-electron chi connectivity index (χ1n) is 12.5. The first kappa shape index (κ1) is 23.2. The van der Waals surface area contributed by atoms with Gasteiger partial charge in [-0.3, -0.25) is 0 Å². The van der Waals surface area contributed by atoms with Crippen LogP contribution < -0.4 is 0 Å². The van der Waals surface area contributed by atoms with Gasteiger partial charge in [0.15, 0.2) is 0 Å². The van der Waals surface area contributed by atoms with E-state index in [2.05, 4.69) is 20.8 Å². The van der Waals surface area contributed by atoms with Gasteiger partial charge < -0.3 is 0 Å². The summed E-state index contributed by atoms with van der Waals surface area (Å²) in [6, 6.07) is 0. The lowest BCUT2D eigenvalue weighted by atomic mass is 9.61. The summed E-state index contributed by atoms with van der Waals surface area (Å²) in [6.07, 6.45) is 21.3. The highest BCUT2D eigenvalue weighted by atomic mass is 19.1. The second-order valence-corrected chi connectivity index (χ2v) is 10.7. The van der Waals surface area contributed by atoms with Crippen LogP contribution >= 0.6 is 0 Å². The molecule has 0 amide bonds. The number of halogens is 1. The molecule has 3 unspecified atom stereocenters. The molecule has 1 spiro atoms. The molecule has 160 valence electrons. The maximum absolute atomic E-state index is 15.1. The van der Waals surface area contributed by atoms with Gasteiger partial charge in [-0.2, -0.15) is 0 Å². The topological polar surface area (TPSA) is 0 Å². The highest BCUT2D eigenvalue weighted by Crippen LogP contribution is 2.55. The lowest BCUT2D eigenvalue weighted by Gasteiger charge is -2.45. The molecule has 3 atom stereocenters. The Morgan fingerprint density at radius 1 is 0.889 bits per heavy atom. The molecule has 0 N–H and O–H groups in total. The molecule has 0 nitrogen and oxygen atoms in total. The number of hydrogen-bond acceptors (Lipinski definition) is 0. The van der Waals surface area contributed by atoms with E-state index in [0.717, 1.165) is 6.42 Å². The van der Waals surface area contributed by atoms with Gasteiger partial charge in [0.05, 0.1) is 0 Å². The molecular formula is C26H49F. The summed E-state index contributed by atoms with van der Waals surface area (Å²) in [7, 11) is 0. The van der Waals surface area contributed by atoms with Crippen LogP contribution in [0.4, 0.5) is 4.39 Å². The van der Waals surface area contributed by atoms with Crippen molar-refractivity contribution < 1.29 is 4.39 Å². The molecule has 2 rings (SSSR count). The molecule has 0 bridgehead atoms. The van der Waals surface area contributed by atoms with Crippen LogP contribution in [0.2, 0.25) is 0 Å². The maximum Gasteiger partial charge on any atom is 0.111 e. The summed E-state index contributed by atoms with van der Waals surface area (Å²) in [5.74, 6) is 0.897. The molecule has 0 radical (unpaired) electrons. The zero-order chi connectivity index (χ0) is 20.0. The molecule has 0 aromatic carbocycles. The van der Waals surface area contributed by atoms with E-state index >= 15 is 4.39 Å². The van der Waals surface area contributed by atoms with Crippen LogP contribution in [0, 0.1) is 22.7 Å². The summed E-state index contributed by atoms with van der Waals surface area (Å²) in [5, 5.41) is 0. The minimum Gasteiger partial charge on any atom is -0.244 e. The Labute approximate surface area is 170 Å². The zero-order valence-corrected chi connectivity index (χ0v) is 19.3. The third-order valence-electron chi connectivity index (χ3n) is 9.01. The summed E-state index contributed by atoms with van der Waals surface area (Å²) in [4.78, 5) is 0. The third kappa shape index (κ3) is 5.72. The van der Waals surface area contributed by atoms with Crippen LogP contribution in [0.15, 0.2) is 0 Å². The van der Waals surface area contributed by atoms with Crippen molar-refractivity contribution in [3.05, 3.63) is 0 Å². The van der Waals surface area contributed by atoms with Gasteiger partial charge >= 0.3 is 0 Å². The summed E-state index contributed by atoms with van der Waals surface area (Å²) >= 11 is 0. The monoisotopic (exact) mass is 380 g/mol. The van der Waals surface area contributed by atoms with Crippen molar-refractivity contribution in [2.45, 2.75) is 143 Å². The number of hydrogen-bond donors (Lipinski definition) is 0. The van der Waals surface area contributed by atoms with Crippen molar-refractivity contribution >= 4 is 0 Å². The highest BCUT2D eigenvalue weighted by Gasteiger charge is 2.44. The summed E-state index contributed by atoms with van der Waals surface area (Å²) in [6.45, 7) is 10.8. The van der Waals surface area contributed by atoms with Gasteiger partial charge in [-0.1, -0.05) is 59.8 Å². The molecular weight excluding hydrogens is 331 g/mol. The van der Waals surface area contributed by atoms with E-state index in [-0.39, 0.29) is 5.92 Å². The second kappa shape index (κ2) is 10.1. The predicted octanol–water partition coefficient (Wildman–Crippen LogP) is 9.27. The van der Waals surface area contributed by atoms with Crippen LogP contribution in [-0.2, 0) is 0 Å². The van der Waals surface area contributed by atoms with Crippen molar-refractivity contribution in [1.29, 1.82) is 0 Å².